The van der Waals surface area contributed by atoms with Crippen molar-refractivity contribution >= 4 is 74.5 Å². The molecule has 3 aromatic heterocycles. The number of aliphatic hydroxyl groups is 1. The molecule has 2 aromatic carbocycles. The van der Waals surface area contributed by atoms with Crippen molar-refractivity contribution in [2.45, 2.75) is 56.2 Å². The summed E-state index contributed by atoms with van der Waals surface area (Å²) in [4.78, 5) is 33.5. The molecule has 4 heterocycles. The number of pyridine rings is 1. The summed E-state index contributed by atoms with van der Waals surface area (Å²) in [7, 11) is 0. The highest BCUT2D eigenvalue weighted by molar-refractivity contribution is 8.00. The first-order chi connectivity index (χ1) is 22.7. The number of ketones is 1. The van der Waals surface area contributed by atoms with Crippen LogP contribution in [-0.2, 0) is 15.3 Å². The number of aromatic nitrogens is 4. The number of nitrogens with zero attached hydrogens (tertiary/aromatic N) is 5. The number of carbonyl (C=O) groups excluding carboxylic acids is 2. The molecule has 0 radical (unpaired) electrons. The highest BCUT2D eigenvalue weighted by Gasteiger charge is 2.49. The van der Waals surface area contributed by atoms with Gasteiger partial charge in [0.15, 0.2) is 10.1 Å². The molecule has 1 aliphatic heterocycles. The topological polar surface area (TPSA) is 110 Å². The summed E-state index contributed by atoms with van der Waals surface area (Å²) in [6.07, 6.45) is 4.95. The number of hydrogen-bond acceptors (Lipinski definition) is 9. The van der Waals surface area contributed by atoms with Crippen LogP contribution in [0.15, 0.2) is 70.7 Å². The van der Waals surface area contributed by atoms with E-state index in [4.69, 9.17) is 27.9 Å². The average Bonchev–Trinajstić information content (AvgIpc) is 3.74. The number of anilines is 1. The fourth-order valence-corrected chi connectivity index (χ4v) is 7.87. The standard InChI is InChI=1S/C34H31Cl2N5O4S2/c1-4-5-6-16-45-24-13-10-21(11-14-24)28-26(29(42)27-20(3)40-15-7-8-19(2)31(40)37-27)30(43)32(44)41(28)33-38-39-34(47-33)46-18-22-9-12-23(35)17-25(22)36/h7-15,17,28,42H,4-6,16,18H2,1-3H3/b29-26+. The number of benzene rings is 2. The molecule has 13 heteroatoms. The van der Waals surface area contributed by atoms with Crippen LogP contribution in [-0.4, -0.2) is 43.0 Å². The molecule has 5 aromatic rings. The first-order valence-corrected chi connectivity index (χ1v) is 17.6. The van der Waals surface area contributed by atoms with E-state index in [9.17, 15) is 14.7 Å². The minimum atomic E-state index is -0.981. The highest BCUT2D eigenvalue weighted by atomic mass is 35.5. The molecule has 1 aliphatic rings. The van der Waals surface area contributed by atoms with E-state index in [0.717, 1.165) is 30.4 Å². The minimum Gasteiger partial charge on any atom is -0.505 e. The van der Waals surface area contributed by atoms with Gasteiger partial charge in [-0.3, -0.25) is 14.5 Å². The van der Waals surface area contributed by atoms with Crippen molar-refractivity contribution in [3.63, 3.8) is 0 Å². The summed E-state index contributed by atoms with van der Waals surface area (Å²) in [5.74, 6) is -0.837. The van der Waals surface area contributed by atoms with Crippen molar-refractivity contribution in [2.24, 2.45) is 0 Å². The molecule has 1 N–H and O–H groups in total. The first-order valence-electron chi connectivity index (χ1n) is 15.1. The second-order valence-corrected chi connectivity index (χ2v) is 14.1. The maximum absolute atomic E-state index is 13.8. The number of unbranched alkanes of at least 4 members (excludes halogenated alkanes) is 2. The van der Waals surface area contributed by atoms with E-state index in [1.807, 2.05) is 42.6 Å². The summed E-state index contributed by atoms with van der Waals surface area (Å²) in [6.45, 7) is 6.45. The Morgan fingerprint density at radius 2 is 1.85 bits per heavy atom. The van der Waals surface area contributed by atoms with Crippen LogP contribution in [0.3, 0.4) is 0 Å². The van der Waals surface area contributed by atoms with Gasteiger partial charge in [-0.05, 0) is 67.3 Å². The number of halogens is 2. The molecule has 1 unspecified atom stereocenters. The number of fused-ring (bicyclic) bond motifs is 1. The zero-order valence-corrected chi connectivity index (χ0v) is 29.0. The van der Waals surface area contributed by atoms with Crippen molar-refractivity contribution in [3.05, 3.63) is 104 Å². The molecule has 1 fully saturated rings. The van der Waals surface area contributed by atoms with Gasteiger partial charge in [0.25, 0.3) is 5.78 Å². The summed E-state index contributed by atoms with van der Waals surface area (Å²) in [5, 5.41) is 21.7. The van der Waals surface area contributed by atoms with E-state index >= 15 is 0 Å². The van der Waals surface area contributed by atoms with Gasteiger partial charge in [-0.25, -0.2) is 4.98 Å². The lowest BCUT2D eigenvalue weighted by atomic mass is 9.96. The van der Waals surface area contributed by atoms with Crippen molar-refractivity contribution in [1.29, 1.82) is 0 Å². The SMILES string of the molecule is CCCCCOc1ccc(C2/C(=C(\O)c3nc4c(C)cccn4c3C)C(=O)C(=O)N2c2nnc(SCc3ccc(Cl)cc3Cl)s2)cc1. The van der Waals surface area contributed by atoms with Gasteiger partial charge in [0, 0.05) is 22.0 Å². The number of hydrogen-bond donors (Lipinski definition) is 1. The monoisotopic (exact) mass is 707 g/mol. The lowest BCUT2D eigenvalue weighted by Crippen LogP contribution is -2.29. The van der Waals surface area contributed by atoms with Gasteiger partial charge in [-0.2, -0.15) is 0 Å². The van der Waals surface area contributed by atoms with Crippen LogP contribution in [0.25, 0.3) is 11.4 Å². The second-order valence-electron chi connectivity index (χ2n) is 11.1. The van der Waals surface area contributed by atoms with Gasteiger partial charge in [0.2, 0.25) is 5.13 Å². The van der Waals surface area contributed by atoms with Crippen LogP contribution in [0, 0.1) is 13.8 Å². The molecular formula is C34H31Cl2N5O4S2. The maximum Gasteiger partial charge on any atom is 0.301 e. The average molecular weight is 709 g/mol. The fraction of sp³-hybridized carbons (Fsp3) is 0.265. The number of aryl methyl sites for hydroxylation is 2. The molecule has 0 aliphatic carbocycles. The summed E-state index contributed by atoms with van der Waals surface area (Å²) in [5.41, 5.74) is 3.81. The predicted molar refractivity (Wildman–Crippen MR) is 187 cm³/mol. The third-order valence-electron chi connectivity index (χ3n) is 7.93. The van der Waals surface area contributed by atoms with E-state index in [1.54, 1.807) is 36.4 Å². The van der Waals surface area contributed by atoms with E-state index in [2.05, 4.69) is 22.1 Å². The lowest BCUT2D eigenvalue weighted by molar-refractivity contribution is -0.132. The Hall–Kier alpha value is -3.90. The van der Waals surface area contributed by atoms with E-state index in [-0.39, 0.29) is 22.2 Å². The van der Waals surface area contributed by atoms with Gasteiger partial charge in [-0.15, -0.1) is 10.2 Å². The van der Waals surface area contributed by atoms with Gasteiger partial charge < -0.3 is 14.2 Å². The number of aliphatic hydroxyl groups excluding tert-OH is 1. The van der Waals surface area contributed by atoms with Crippen LogP contribution in [0.5, 0.6) is 5.75 Å². The van der Waals surface area contributed by atoms with Crippen LogP contribution >= 0.6 is 46.3 Å². The Balaban J connectivity index is 1.39. The summed E-state index contributed by atoms with van der Waals surface area (Å²) < 4.78 is 8.33. The van der Waals surface area contributed by atoms with E-state index in [0.29, 0.717) is 49.4 Å². The largest absolute Gasteiger partial charge is 0.505 e. The Kier molecular flexibility index (Phi) is 9.88. The molecule has 9 nitrogen and oxygen atoms in total. The zero-order valence-electron chi connectivity index (χ0n) is 25.9. The molecule has 0 bridgehead atoms. The number of rotatable bonds is 11. The van der Waals surface area contributed by atoms with E-state index < -0.39 is 17.7 Å². The van der Waals surface area contributed by atoms with Crippen molar-refractivity contribution < 1.29 is 19.4 Å². The third-order valence-corrected chi connectivity index (χ3v) is 10.6. The lowest BCUT2D eigenvalue weighted by Gasteiger charge is -2.22. The number of amides is 1. The molecule has 6 rings (SSSR count). The van der Waals surface area contributed by atoms with Crippen LogP contribution in [0.1, 0.15) is 60.3 Å². The molecule has 1 amide bonds. The van der Waals surface area contributed by atoms with E-state index in [1.165, 1.54) is 28.0 Å². The maximum atomic E-state index is 13.8. The third kappa shape index (κ3) is 6.62. The van der Waals surface area contributed by atoms with Crippen LogP contribution < -0.4 is 9.64 Å². The quantitative estimate of drug-likeness (QED) is 0.0363. The molecule has 47 heavy (non-hydrogen) atoms. The van der Waals surface area contributed by atoms with Crippen molar-refractivity contribution in [3.8, 4) is 5.75 Å². The molecule has 0 saturated carbocycles. The van der Waals surface area contributed by atoms with Gasteiger partial charge in [0.05, 0.1) is 23.9 Å². The number of ether oxygens (including phenoxy) is 1. The Morgan fingerprint density at radius 1 is 1.06 bits per heavy atom. The van der Waals surface area contributed by atoms with Gasteiger partial charge in [-0.1, -0.05) is 90.3 Å². The number of thioether (sulfide) groups is 1. The first kappa shape index (κ1) is 33.0. The Morgan fingerprint density at radius 3 is 2.57 bits per heavy atom. The number of Topliss-reactive ketones (excluding diaryl/α,β-unsaturated/α-hetero) is 1. The molecule has 0 spiro atoms. The molecule has 242 valence electrons. The number of imidazole rings is 1. The van der Waals surface area contributed by atoms with Crippen LogP contribution in [0.2, 0.25) is 10.0 Å². The predicted octanol–water partition coefficient (Wildman–Crippen LogP) is 8.60. The summed E-state index contributed by atoms with van der Waals surface area (Å²) >= 11 is 15.0. The van der Waals surface area contributed by atoms with Crippen molar-refractivity contribution in [2.75, 3.05) is 11.5 Å². The van der Waals surface area contributed by atoms with Crippen molar-refractivity contribution in [1.82, 2.24) is 19.6 Å². The fourth-order valence-electron chi connectivity index (χ4n) is 5.44. The summed E-state index contributed by atoms with van der Waals surface area (Å²) in [6, 6.07) is 15.3. The minimum absolute atomic E-state index is 0.0758. The molecule has 1 atom stereocenters. The van der Waals surface area contributed by atoms with Gasteiger partial charge in [0.1, 0.15) is 17.1 Å². The molecule has 1 saturated heterocycles. The highest BCUT2D eigenvalue weighted by Crippen LogP contribution is 2.45. The smallest absolute Gasteiger partial charge is 0.301 e. The Labute approximate surface area is 290 Å². The number of carbonyl (C=O) groups is 2. The normalized spacial score (nSPS) is 16.0. The molecular weight excluding hydrogens is 677 g/mol. The van der Waals surface area contributed by atoms with Crippen LogP contribution in [0.4, 0.5) is 5.13 Å². The second kappa shape index (κ2) is 14.1. The van der Waals surface area contributed by atoms with Gasteiger partial charge >= 0.3 is 5.91 Å². The zero-order chi connectivity index (χ0) is 33.2. The Bertz CT molecular complexity index is 2010.